The minimum atomic E-state index is -0.386. The number of rotatable bonds is 3. The Balaban J connectivity index is 1.56. The Bertz CT molecular complexity index is 684. The van der Waals surface area contributed by atoms with Gasteiger partial charge in [0.15, 0.2) is 5.96 Å². The lowest BCUT2D eigenvalue weighted by Gasteiger charge is -2.33. The number of anilines is 1. The van der Waals surface area contributed by atoms with Crippen LogP contribution in [0, 0.1) is 5.82 Å². The number of aliphatic imine (C=N–C) groups is 1. The molecule has 1 aromatic carbocycles. The summed E-state index contributed by atoms with van der Waals surface area (Å²) in [5.41, 5.74) is 6.92. The van der Waals surface area contributed by atoms with Crippen LogP contribution in [0.4, 0.5) is 10.2 Å². The Morgan fingerprint density at radius 1 is 1.32 bits per heavy atom. The number of halogens is 2. The number of guanidine groups is 1. The van der Waals surface area contributed by atoms with Gasteiger partial charge in [-0.1, -0.05) is 23.7 Å². The molecule has 1 aromatic heterocycles. The van der Waals surface area contributed by atoms with Crippen molar-refractivity contribution in [3.8, 4) is 0 Å². The fourth-order valence-corrected chi connectivity index (χ4v) is 2.72. The fourth-order valence-electron chi connectivity index (χ4n) is 2.53. The highest BCUT2D eigenvalue weighted by Crippen LogP contribution is 2.39. The van der Waals surface area contributed by atoms with E-state index in [-0.39, 0.29) is 16.9 Å². The molecule has 3 N–H and O–H groups in total. The fraction of sp³-hybridized carbons (Fsp3) is 0.250. The zero-order valence-corrected chi connectivity index (χ0v) is 12.6. The zero-order valence-electron chi connectivity index (χ0n) is 11.8. The predicted octanol–water partition coefficient (Wildman–Crippen LogP) is 3.55. The first-order valence-corrected chi connectivity index (χ1v) is 7.46. The van der Waals surface area contributed by atoms with Crippen LogP contribution in [-0.2, 0) is 0 Å². The highest BCUT2D eigenvalue weighted by molar-refractivity contribution is 6.30. The van der Waals surface area contributed by atoms with Crippen molar-refractivity contribution in [2.24, 2.45) is 10.7 Å². The van der Waals surface area contributed by atoms with Gasteiger partial charge in [0, 0.05) is 6.20 Å². The first kappa shape index (κ1) is 14.8. The van der Waals surface area contributed by atoms with Crippen molar-refractivity contribution in [2.75, 3.05) is 5.32 Å². The van der Waals surface area contributed by atoms with Gasteiger partial charge in [-0.3, -0.25) is 0 Å². The van der Waals surface area contributed by atoms with Crippen molar-refractivity contribution in [3.63, 3.8) is 0 Å². The van der Waals surface area contributed by atoms with Crippen molar-refractivity contribution >= 4 is 23.4 Å². The number of nitrogens with zero attached hydrogens (tertiary/aromatic N) is 2. The summed E-state index contributed by atoms with van der Waals surface area (Å²) < 4.78 is 13.2. The van der Waals surface area contributed by atoms with Crippen LogP contribution in [-0.4, -0.2) is 17.0 Å². The SMILES string of the molecule is NC(=NC1CC(c2ccc(F)c(Cl)c2)C1)Nc1ccccn1. The molecule has 1 saturated carbocycles. The van der Waals surface area contributed by atoms with Crippen molar-refractivity contribution in [2.45, 2.75) is 24.8 Å². The summed E-state index contributed by atoms with van der Waals surface area (Å²) in [6, 6.07) is 10.6. The van der Waals surface area contributed by atoms with Crippen LogP contribution in [0.1, 0.15) is 24.3 Å². The van der Waals surface area contributed by atoms with Crippen LogP contribution in [0.3, 0.4) is 0 Å². The largest absolute Gasteiger partial charge is 0.370 e. The zero-order chi connectivity index (χ0) is 15.5. The van der Waals surface area contributed by atoms with E-state index in [1.165, 1.54) is 6.07 Å². The lowest BCUT2D eigenvalue weighted by atomic mass is 9.76. The van der Waals surface area contributed by atoms with E-state index in [0.29, 0.717) is 17.7 Å². The molecule has 3 rings (SSSR count). The van der Waals surface area contributed by atoms with Crippen LogP contribution in [0.15, 0.2) is 47.6 Å². The van der Waals surface area contributed by atoms with E-state index in [0.717, 1.165) is 18.4 Å². The van der Waals surface area contributed by atoms with Crippen LogP contribution in [0.25, 0.3) is 0 Å². The summed E-state index contributed by atoms with van der Waals surface area (Å²) in [6.45, 7) is 0. The molecule has 0 amide bonds. The minimum Gasteiger partial charge on any atom is -0.370 e. The maximum absolute atomic E-state index is 13.2. The molecule has 22 heavy (non-hydrogen) atoms. The second-order valence-corrected chi connectivity index (χ2v) is 5.76. The third-order valence-electron chi connectivity index (χ3n) is 3.77. The summed E-state index contributed by atoms with van der Waals surface area (Å²) >= 11 is 5.81. The number of benzene rings is 1. The maximum Gasteiger partial charge on any atom is 0.194 e. The van der Waals surface area contributed by atoms with E-state index in [2.05, 4.69) is 15.3 Å². The molecule has 0 atom stereocenters. The molecule has 1 heterocycles. The molecule has 1 aliphatic carbocycles. The molecule has 0 aliphatic heterocycles. The van der Waals surface area contributed by atoms with Gasteiger partial charge >= 0.3 is 0 Å². The Hall–Kier alpha value is -2.14. The lowest BCUT2D eigenvalue weighted by molar-refractivity contribution is 0.353. The Morgan fingerprint density at radius 2 is 2.14 bits per heavy atom. The van der Waals surface area contributed by atoms with Gasteiger partial charge in [0.05, 0.1) is 11.1 Å². The van der Waals surface area contributed by atoms with Crippen LogP contribution in [0.5, 0.6) is 0 Å². The monoisotopic (exact) mass is 318 g/mol. The summed E-state index contributed by atoms with van der Waals surface area (Å²) in [5, 5.41) is 3.13. The maximum atomic E-state index is 13.2. The molecule has 0 bridgehead atoms. The Morgan fingerprint density at radius 3 is 2.82 bits per heavy atom. The van der Waals surface area contributed by atoms with Crippen molar-refractivity contribution in [3.05, 3.63) is 59.0 Å². The predicted molar refractivity (Wildman–Crippen MR) is 86.7 cm³/mol. The molecular formula is C16H16ClFN4. The summed E-state index contributed by atoms with van der Waals surface area (Å²) in [6.07, 6.45) is 3.45. The Kier molecular flexibility index (Phi) is 4.24. The highest BCUT2D eigenvalue weighted by Gasteiger charge is 2.30. The number of pyridine rings is 1. The van der Waals surface area contributed by atoms with Crippen molar-refractivity contribution in [1.82, 2.24) is 4.98 Å². The van der Waals surface area contributed by atoms with E-state index >= 15 is 0 Å². The van der Waals surface area contributed by atoms with E-state index in [1.54, 1.807) is 18.3 Å². The molecule has 0 radical (unpaired) electrons. The first-order valence-electron chi connectivity index (χ1n) is 7.08. The summed E-state index contributed by atoms with van der Waals surface area (Å²) in [7, 11) is 0. The number of aromatic nitrogens is 1. The summed E-state index contributed by atoms with van der Waals surface area (Å²) in [5.74, 6) is 1.00. The topological polar surface area (TPSA) is 63.3 Å². The first-order chi connectivity index (χ1) is 10.6. The molecule has 114 valence electrons. The van der Waals surface area contributed by atoms with Gasteiger partial charge in [-0.25, -0.2) is 14.4 Å². The second-order valence-electron chi connectivity index (χ2n) is 5.35. The third-order valence-corrected chi connectivity index (χ3v) is 4.06. The molecule has 2 aromatic rings. The number of nitrogens with one attached hydrogen (secondary N) is 1. The summed E-state index contributed by atoms with van der Waals surface area (Å²) in [4.78, 5) is 8.56. The van der Waals surface area contributed by atoms with Gasteiger partial charge in [0.25, 0.3) is 0 Å². The normalized spacial score (nSPS) is 21.3. The molecule has 0 saturated heterocycles. The lowest BCUT2D eigenvalue weighted by Crippen LogP contribution is -2.31. The average molecular weight is 319 g/mol. The van der Waals surface area contributed by atoms with Gasteiger partial charge in [-0.2, -0.15) is 0 Å². The van der Waals surface area contributed by atoms with Gasteiger partial charge in [0.1, 0.15) is 11.6 Å². The molecular weight excluding hydrogens is 303 g/mol. The molecule has 0 spiro atoms. The Labute approximate surface area is 133 Å². The smallest absolute Gasteiger partial charge is 0.194 e. The standard InChI is InChI=1S/C16H16ClFN4/c17-13-9-10(4-5-14(13)18)11-7-12(8-11)21-16(19)22-15-3-1-2-6-20-15/h1-6,9,11-12H,7-8H2,(H3,19,20,21,22). The highest BCUT2D eigenvalue weighted by atomic mass is 35.5. The van der Waals surface area contributed by atoms with Crippen LogP contribution in [0.2, 0.25) is 5.02 Å². The van der Waals surface area contributed by atoms with Crippen LogP contribution >= 0.6 is 11.6 Å². The van der Waals surface area contributed by atoms with Gasteiger partial charge in [0.2, 0.25) is 0 Å². The molecule has 4 nitrogen and oxygen atoms in total. The van der Waals surface area contributed by atoms with Gasteiger partial charge in [-0.05, 0) is 48.6 Å². The molecule has 0 unspecified atom stereocenters. The van der Waals surface area contributed by atoms with Crippen molar-refractivity contribution in [1.29, 1.82) is 0 Å². The van der Waals surface area contributed by atoms with E-state index in [9.17, 15) is 4.39 Å². The number of hydrogen-bond donors (Lipinski definition) is 2. The minimum absolute atomic E-state index is 0.167. The van der Waals surface area contributed by atoms with E-state index in [1.807, 2.05) is 18.2 Å². The van der Waals surface area contributed by atoms with Crippen LogP contribution < -0.4 is 11.1 Å². The van der Waals surface area contributed by atoms with E-state index in [4.69, 9.17) is 17.3 Å². The molecule has 1 aliphatic rings. The third kappa shape index (κ3) is 3.36. The van der Waals surface area contributed by atoms with E-state index < -0.39 is 0 Å². The van der Waals surface area contributed by atoms with Crippen molar-refractivity contribution < 1.29 is 4.39 Å². The van der Waals surface area contributed by atoms with Gasteiger partial charge < -0.3 is 11.1 Å². The quantitative estimate of drug-likeness (QED) is 0.672. The average Bonchev–Trinajstić information content (AvgIpc) is 2.47. The molecule has 6 heteroatoms. The molecule has 1 fully saturated rings. The van der Waals surface area contributed by atoms with Gasteiger partial charge in [-0.15, -0.1) is 0 Å². The number of hydrogen-bond acceptors (Lipinski definition) is 2. The number of nitrogens with two attached hydrogens (primary N) is 1. The second kappa shape index (κ2) is 6.32.